The van der Waals surface area contributed by atoms with Crippen LogP contribution in [-0.2, 0) is 16.2 Å². The van der Waals surface area contributed by atoms with Crippen LogP contribution in [0.2, 0.25) is 5.02 Å². The van der Waals surface area contributed by atoms with Gasteiger partial charge in [0.2, 0.25) is 5.95 Å². The number of aliphatic hydroxyl groups excluding tert-OH is 1. The first-order valence-corrected chi connectivity index (χ1v) is 13.1. The molecule has 0 aromatic carbocycles. The third kappa shape index (κ3) is 2.80. The third-order valence-electron chi connectivity index (χ3n) is 8.26. The number of fused-ring (bicyclic) bond motifs is 3. The number of aromatic nitrogens is 4. The normalized spacial score (nSPS) is 32.4. The van der Waals surface area contributed by atoms with Gasteiger partial charge in [0, 0.05) is 42.6 Å². The molecule has 4 fully saturated rings. The van der Waals surface area contributed by atoms with Crippen molar-refractivity contribution in [3.63, 3.8) is 0 Å². The SMILES string of the molecule is O=S1CC2(CC2)c2nc(N3CC4C(C3)C4c3ncc(Cl)cn3)nc(NC3(CO)CCC3)c21. The molecule has 32 heavy (non-hydrogen) atoms. The number of aliphatic hydroxyl groups is 1. The molecule has 3 atom stereocenters. The van der Waals surface area contributed by atoms with Crippen molar-refractivity contribution in [2.24, 2.45) is 11.8 Å². The van der Waals surface area contributed by atoms with Crippen LogP contribution < -0.4 is 10.2 Å². The van der Waals surface area contributed by atoms with Crippen LogP contribution in [0.3, 0.4) is 0 Å². The van der Waals surface area contributed by atoms with Crippen LogP contribution in [-0.4, -0.2) is 60.2 Å². The van der Waals surface area contributed by atoms with Crippen LogP contribution in [0.5, 0.6) is 0 Å². The summed E-state index contributed by atoms with van der Waals surface area (Å²) < 4.78 is 13.0. The fourth-order valence-electron chi connectivity index (χ4n) is 5.91. The van der Waals surface area contributed by atoms with Crippen LogP contribution in [0.1, 0.15) is 49.5 Å². The number of piperidine rings is 1. The Kier molecular flexibility index (Phi) is 4.05. The zero-order valence-corrected chi connectivity index (χ0v) is 19.2. The van der Waals surface area contributed by atoms with Gasteiger partial charge in [-0.2, -0.15) is 4.98 Å². The van der Waals surface area contributed by atoms with E-state index in [2.05, 4.69) is 20.2 Å². The van der Waals surface area contributed by atoms with Crippen LogP contribution >= 0.6 is 11.6 Å². The standard InChI is InChI=1S/C22H25ClN6O2S/c23-12-6-24-18(25-7-12)15-13-8-29(9-14(13)15)20-26-17-16(32(31)11-21(17)4-5-21)19(27-20)28-22(10-30)2-1-3-22/h6-7,13-15,30H,1-5,8-11H2,(H,26,27,28). The number of hydrogen-bond donors (Lipinski definition) is 2. The molecule has 5 aliphatic rings. The quantitative estimate of drug-likeness (QED) is 0.682. The molecule has 0 bridgehead atoms. The van der Waals surface area contributed by atoms with Crippen molar-refractivity contribution in [3.8, 4) is 0 Å². The zero-order valence-electron chi connectivity index (χ0n) is 17.6. The molecule has 0 radical (unpaired) electrons. The van der Waals surface area contributed by atoms with Crippen LogP contribution in [0.25, 0.3) is 0 Å². The summed E-state index contributed by atoms with van der Waals surface area (Å²) >= 11 is 5.94. The first-order chi connectivity index (χ1) is 15.5. The average Bonchev–Trinajstić information content (AvgIpc) is 3.61. The fraction of sp³-hybridized carbons (Fsp3) is 0.636. The number of hydrogen-bond acceptors (Lipinski definition) is 8. The van der Waals surface area contributed by atoms with E-state index < -0.39 is 10.8 Å². The van der Waals surface area contributed by atoms with Gasteiger partial charge in [-0.25, -0.2) is 15.0 Å². The molecule has 2 N–H and O–H groups in total. The van der Waals surface area contributed by atoms with Crippen molar-refractivity contribution >= 4 is 34.2 Å². The monoisotopic (exact) mass is 472 g/mol. The predicted octanol–water partition coefficient (Wildman–Crippen LogP) is 2.25. The maximum Gasteiger partial charge on any atom is 0.227 e. The fourth-order valence-corrected chi connectivity index (χ4v) is 7.87. The highest BCUT2D eigenvalue weighted by Gasteiger charge is 2.59. The van der Waals surface area contributed by atoms with E-state index in [0.29, 0.717) is 34.3 Å². The lowest BCUT2D eigenvalue weighted by Gasteiger charge is -2.41. The molecule has 8 nitrogen and oxygen atoms in total. The van der Waals surface area contributed by atoms with Gasteiger partial charge in [-0.15, -0.1) is 0 Å². The van der Waals surface area contributed by atoms with Crippen molar-refractivity contribution in [1.29, 1.82) is 0 Å². The van der Waals surface area contributed by atoms with Gasteiger partial charge in [0.05, 0.1) is 33.7 Å². The molecule has 10 heteroatoms. The number of nitrogens with one attached hydrogen (secondary N) is 1. The van der Waals surface area contributed by atoms with E-state index in [-0.39, 0.29) is 17.6 Å². The molecule has 4 heterocycles. The topological polar surface area (TPSA) is 104 Å². The highest BCUT2D eigenvalue weighted by Crippen LogP contribution is 2.59. The maximum atomic E-state index is 13.0. The van der Waals surface area contributed by atoms with Gasteiger partial charge in [-0.05, 0) is 43.9 Å². The second-order valence-electron chi connectivity index (χ2n) is 10.3. The maximum absolute atomic E-state index is 13.0. The van der Waals surface area contributed by atoms with E-state index >= 15 is 0 Å². The molecule has 2 aromatic rings. The highest BCUT2D eigenvalue weighted by atomic mass is 35.5. The summed E-state index contributed by atoms with van der Waals surface area (Å²) in [7, 11) is -1.09. The first-order valence-electron chi connectivity index (χ1n) is 11.4. The summed E-state index contributed by atoms with van der Waals surface area (Å²) in [5.41, 5.74) is 0.615. The minimum Gasteiger partial charge on any atom is -0.394 e. The van der Waals surface area contributed by atoms with Crippen LogP contribution in [0.15, 0.2) is 17.3 Å². The Morgan fingerprint density at radius 2 is 1.88 bits per heavy atom. The molecule has 3 aliphatic carbocycles. The molecule has 1 saturated heterocycles. The van der Waals surface area contributed by atoms with Crippen LogP contribution in [0.4, 0.5) is 11.8 Å². The number of halogens is 1. The van der Waals surface area contributed by atoms with E-state index in [0.717, 1.165) is 67.6 Å². The molecule has 7 rings (SSSR count). The lowest BCUT2D eigenvalue weighted by Crippen LogP contribution is -2.48. The molecule has 3 unspecified atom stereocenters. The van der Waals surface area contributed by atoms with Gasteiger partial charge in [-0.3, -0.25) is 4.21 Å². The summed E-state index contributed by atoms with van der Waals surface area (Å²) in [6.07, 6.45) is 8.35. The number of anilines is 2. The van der Waals surface area contributed by atoms with Crippen molar-refractivity contribution < 1.29 is 9.32 Å². The molecular formula is C22H25ClN6O2S. The van der Waals surface area contributed by atoms with Gasteiger partial charge < -0.3 is 15.3 Å². The molecule has 1 spiro atoms. The Balaban J connectivity index is 1.19. The summed E-state index contributed by atoms with van der Waals surface area (Å²) in [6.45, 7) is 1.82. The van der Waals surface area contributed by atoms with Crippen molar-refractivity contribution in [2.45, 2.75) is 53.9 Å². The van der Waals surface area contributed by atoms with Gasteiger partial charge in [0.1, 0.15) is 16.5 Å². The Labute approximate surface area is 193 Å². The minimum atomic E-state index is -1.09. The van der Waals surface area contributed by atoms with E-state index in [1.54, 1.807) is 12.4 Å². The van der Waals surface area contributed by atoms with E-state index in [9.17, 15) is 9.32 Å². The molecular weight excluding hydrogens is 448 g/mol. The first kappa shape index (κ1) is 19.6. The zero-order chi connectivity index (χ0) is 21.7. The van der Waals surface area contributed by atoms with E-state index in [4.69, 9.17) is 21.6 Å². The molecule has 2 aromatic heterocycles. The Morgan fingerprint density at radius 1 is 1.16 bits per heavy atom. The molecule has 168 valence electrons. The van der Waals surface area contributed by atoms with Gasteiger partial charge in [-0.1, -0.05) is 11.6 Å². The summed E-state index contributed by atoms with van der Waals surface area (Å²) in [5.74, 6) is 4.33. The Hall–Kier alpha value is -1.84. The van der Waals surface area contributed by atoms with Crippen molar-refractivity contribution in [3.05, 3.63) is 28.9 Å². The van der Waals surface area contributed by atoms with E-state index in [1.165, 1.54) is 0 Å². The smallest absolute Gasteiger partial charge is 0.227 e. The summed E-state index contributed by atoms with van der Waals surface area (Å²) in [4.78, 5) is 21.8. The second kappa shape index (κ2) is 6.61. The third-order valence-corrected chi connectivity index (χ3v) is 10.1. The molecule has 3 saturated carbocycles. The van der Waals surface area contributed by atoms with Crippen molar-refractivity contribution in [1.82, 2.24) is 19.9 Å². The molecule has 0 amide bonds. The van der Waals surface area contributed by atoms with Crippen molar-refractivity contribution in [2.75, 3.05) is 35.7 Å². The van der Waals surface area contributed by atoms with Gasteiger partial charge in [0.15, 0.2) is 0 Å². The van der Waals surface area contributed by atoms with Gasteiger partial charge in [0.25, 0.3) is 0 Å². The van der Waals surface area contributed by atoms with Gasteiger partial charge >= 0.3 is 0 Å². The number of nitrogens with zero attached hydrogens (tertiary/aromatic N) is 5. The molecule has 2 aliphatic heterocycles. The summed E-state index contributed by atoms with van der Waals surface area (Å²) in [5, 5.41) is 14.1. The number of rotatable bonds is 5. The Morgan fingerprint density at radius 3 is 2.47 bits per heavy atom. The second-order valence-corrected chi connectivity index (χ2v) is 12.1. The lowest BCUT2D eigenvalue weighted by molar-refractivity contribution is 0.143. The highest BCUT2D eigenvalue weighted by molar-refractivity contribution is 7.85. The summed E-state index contributed by atoms with van der Waals surface area (Å²) in [6, 6.07) is 0. The van der Waals surface area contributed by atoms with Crippen LogP contribution in [0, 0.1) is 11.8 Å². The largest absolute Gasteiger partial charge is 0.394 e. The predicted molar refractivity (Wildman–Crippen MR) is 120 cm³/mol. The lowest BCUT2D eigenvalue weighted by atomic mass is 9.77. The Bertz CT molecular complexity index is 1120. The van der Waals surface area contributed by atoms with E-state index in [1.807, 2.05) is 0 Å². The minimum absolute atomic E-state index is 0.0252. The average molecular weight is 473 g/mol.